The molecule has 2 aromatic heterocycles. The fourth-order valence-corrected chi connectivity index (χ4v) is 3.61. The second-order valence-electron chi connectivity index (χ2n) is 7.14. The summed E-state index contributed by atoms with van der Waals surface area (Å²) in [7, 11) is 0. The van der Waals surface area contributed by atoms with Crippen LogP contribution in [0.25, 0.3) is 0 Å². The van der Waals surface area contributed by atoms with Crippen LogP contribution in [0.4, 0.5) is 23.7 Å². The van der Waals surface area contributed by atoms with Crippen LogP contribution in [-0.4, -0.2) is 46.1 Å². The Hall–Kier alpha value is -2.44. The lowest BCUT2D eigenvalue weighted by Crippen LogP contribution is -2.34. The first-order valence-corrected chi connectivity index (χ1v) is 9.74. The van der Waals surface area contributed by atoms with Gasteiger partial charge in [-0.3, -0.25) is 0 Å². The average Bonchev–Trinajstić information content (AvgIpc) is 2.69. The smallest absolute Gasteiger partial charge is 0.235 e. The van der Waals surface area contributed by atoms with Crippen molar-refractivity contribution >= 4 is 23.7 Å². The highest BCUT2D eigenvalue weighted by atomic mass is 15.4. The number of nitrogens with zero attached hydrogens (tertiary/aromatic N) is 6. The number of hydrogen-bond acceptors (Lipinski definition) is 7. The monoisotopic (exact) mass is 353 g/mol. The summed E-state index contributed by atoms with van der Waals surface area (Å²) < 4.78 is 0. The summed E-state index contributed by atoms with van der Waals surface area (Å²) in [5.74, 6) is 2.93. The van der Waals surface area contributed by atoms with E-state index in [4.69, 9.17) is 15.0 Å². The van der Waals surface area contributed by atoms with Gasteiger partial charge in [-0.05, 0) is 57.6 Å². The quantitative estimate of drug-likeness (QED) is 0.904. The van der Waals surface area contributed by atoms with Crippen molar-refractivity contribution in [2.75, 3.05) is 41.3 Å². The number of hydrogen-bond donors (Lipinski definition) is 1. The van der Waals surface area contributed by atoms with Gasteiger partial charge in [0.25, 0.3) is 0 Å². The number of aryl methyl sites for hydroxylation is 1. The van der Waals surface area contributed by atoms with Crippen molar-refractivity contribution in [2.24, 2.45) is 0 Å². The highest BCUT2D eigenvalue weighted by molar-refractivity contribution is 5.53. The molecule has 0 aliphatic carbocycles. The highest BCUT2D eigenvalue weighted by Crippen LogP contribution is 2.23. The average molecular weight is 353 g/mol. The third-order valence-corrected chi connectivity index (χ3v) is 5.02. The molecule has 4 heterocycles. The van der Waals surface area contributed by atoms with Gasteiger partial charge in [-0.15, -0.1) is 0 Å². The van der Waals surface area contributed by atoms with Crippen molar-refractivity contribution in [1.29, 1.82) is 0 Å². The largest absolute Gasteiger partial charge is 0.341 e. The summed E-state index contributed by atoms with van der Waals surface area (Å²) in [6.07, 6.45) is 7.39. The molecule has 0 aromatic carbocycles. The molecule has 7 heteroatoms. The minimum absolute atomic E-state index is 0.583. The number of nitrogens with one attached hydrogen (secondary N) is 1. The molecule has 0 saturated carbocycles. The van der Waals surface area contributed by atoms with Crippen LogP contribution in [0, 0.1) is 6.92 Å². The molecule has 0 atom stereocenters. The van der Waals surface area contributed by atoms with E-state index >= 15 is 0 Å². The van der Waals surface area contributed by atoms with E-state index in [-0.39, 0.29) is 0 Å². The lowest BCUT2D eigenvalue weighted by Gasteiger charge is -2.30. The molecule has 2 saturated heterocycles. The molecule has 0 unspecified atom stereocenters. The van der Waals surface area contributed by atoms with E-state index in [9.17, 15) is 0 Å². The fourth-order valence-electron chi connectivity index (χ4n) is 3.61. The maximum absolute atomic E-state index is 4.81. The van der Waals surface area contributed by atoms with Crippen molar-refractivity contribution in [3.63, 3.8) is 0 Å². The normalized spacial score (nSPS) is 18.0. The van der Waals surface area contributed by atoms with Crippen molar-refractivity contribution in [3.8, 4) is 0 Å². The summed E-state index contributed by atoms with van der Waals surface area (Å²) >= 11 is 0. The number of anilines is 4. The lowest BCUT2D eigenvalue weighted by molar-refractivity contribution is 0.556. The molecule has 2 aromatic rings. The lowest BCUT2D eigenvalue weighted by atomic mass is 10.1. The van der Waals surface area contributed by atoms with Gasteiger partial charge in [-0.1, -0.05) is 6.07 Å². The molecule has 2 aliphatic heterocycles. The molecule has 4 rings (SSSR count). The maximum atomic E-state index is 4.81. The van der Waals surface area contributed by atoms with Crippen molar-refractivity contribution in [2.45, 2.75) is 45.4 Å². The molecule has 2 aliphatic rings. The van der Waals surface area contributed by atoms with E-state index in [0.29, 0.717) is 5.95 Å². The van der Waals surface area contributed by atoms with Crippen LogP contribution >= 0.6 is 0 Å². The molecule has 0 bridgehead atoms. The van der Waals surface area contributed by atoms with Crippen molar-refractivity contribution in [1.82, 2.24) is 19.9 Å². The summed E-state index contributed by atoms with van der Waals surface area (Å²) in [5, 5.41) is 3.28. The molecule has 1 N–H and O–H groups in total. The van der Waals surface area contributed by atoms with E-state index in [1.807, 2.05) is 25.1 Å². The third-order valence-electron chi connectivity index (χ3n) is 5.02. The number of piperidine rings is 2. The second-order valence-corrected chi connectivity index (χ2v) is 7.14. The van der Waals surface area contributed by atoms with Gasteiger partial charge in [-0.2, -0.15) is 15.0 Å². The Morgan fingerprint density at radius 2 is 1.31 bits per heavy atom. The molecular weight excluding hydrogens is 326 g/mol. The molecular formula is C19H27N7. The van der Waals surface area contributed by atoms with Gasteiger partial charge < -0.3 is 15.1 Å². The Morgan fingerprint density at radius 3 is 1.85 bits per heavy atom. The van der Waals surface area contributed by atoms with Crippen molar-refractivity contribution < 1.29 is 0 Å². The Labute approximate surface area is 154 Å². The van der Waals surface area contributed by atoms with E-state index in [2.05, 4.69) is 20.1 Å². The first kappa shape index (κ1) is 17.0. The van der Waals surface area contributed by atoms with Gasteiger partial charge in [0.05, 0.1) is 0 Å². The standard InChI is InChI=1S/C19H27N7/c1-15-9-8-10-16(20-15)21-17-22-18(25-11-4-2-5-12-25)24-19(23-17)26-13-6-3-7-14-26/h8-10H,2-7,11-14H2,1H3,(H,20,21,22,23,24). The Bertz CT molecular complexity index is 700. The van der Waals surface area contributed by atoms with Crippen LogP contribution in [0.1, 0.15) is 44.2 Å². The van der Waals surface area contributed by atoms with Crippen LogP contribution in [-0.2, 0) is 0 Å². The zero-order valence-electron chi connectivity index (χ0n) is 15.5. The van der Waals surface area contributed by atoms with E-state index in [1.54, 1.807) is 0 Å². The van der Waals surface area contributed by atoms with Crippen LogP contribution in [0.5, 0.6) is 0 Å². The van der Waals surface area contributed by atoms with Gasteiger partial charge in [0.1, 0.15) is 5.82 Å². The maximum Gasteiger partial charge on any atom is 0.235 e. The first-order chi connectivity index (χ1) is 12.8. The molecule has 0 radical (unpaired) electrons. The number of pyridine rings is 1. The number of aromatic nitrogens is 4. The van der Waals surface area contributed by atoms with Gasteiger partial charge >= 0.3 is 0 Å². The predicted octanol–water partition coefficient (Wildman–Crippen LogP) is 3.30. The Kier molecular flexibility index (Phi) is 5.13. The topological polar surface area (TPSA) is 70.1 Å². The minimum Gasteiger partial charge on any atom is -0.341 e. The van der Waals surface area contributed by atoms with E-state index in [0.717, 1.165) is 49.6 Å². The van der Waals surface area contributed by atoms with Gasteiger partial charge in [0.15, 0.2) is 0 Å². The van der Waals surface area contributed by atoms with Gasteiger partial charge in [0, 0.05) is 31.9 Å². The minimum atomic E-state index is 0.583. The highest BCUT2D eigenvalue weighted by Gasteiger charge is 2.20. The van der Waals surface area contributed by atoms with E-state index in [1.165, 1.54) is 38.5 Å². The summed E-state index contributed by atoms with van der Waals surface area (Å²) in [4.78, 5) is 23.3. The van der Waals surface area contributed by atoms with Crippen LogP contribution in [0.2, 0.25) is 0 Å². The first-order valence-electron chi connectivity index (χ1n) is 9.74. The SMILES string of the molecule is Cc1cccc(Nc2nc(N3CCCCC3)nc(N3CCCCC3)n2)n1. The third kappa shape index (κ3) is 4.03. The van der Waals surface area contributed by atoms with Gasteiger partial charge in [-0.25, -0.2) is 4.98 Å². The zero-order chi connectivity index (χ0) is 17.8. The molecule has 26 heavy (non-hydrogen) atoms. The molecule has 138 valence electrons. The van der Waals surface area contributed by atoms with Crippen LogP contribution in [0.3, 0.4) is 0 Å². The second kappa shape index (κ2) is 7.85. The molecule has 2 fully saturated rings. The molecule has 0 amide bonds. The molecule has 7 nitrogen and oxygen atoms in total. The number of rotatable bonds is 4. The fraction of sp³-hybridized carbons (Fsp3) is 0.579. The summed E-state index contributed by atoms with van der Waals surface area (Å²) in [5.41, 5.74) is 0.969. The van der Waals surface area contributed by atoms with Crippen LogP contribution in [0.15, 0.2) is 18.2 Å². The van der Waals surface area contributed by atoms with Gasteiger partial charge in [0.2, 0.25) is 17.8 Å². The molecule has 0 spiro atoms. The Balaban J connectivity index is 1.64. The van der Waals surface area contributed by atoms with Crippen LogP contribution < -0.4 is 15.1 Å². The Morgan fingerprint density at radius 1 is 0.731 bits per heavy atom. The zero-order valence-corrected chi connectivity index (χ0v) is 15.5. The van der Waals surface area contributed by atoms with E-state index < -0.39 is 0 Å². The predicted molar refractivity (Wildman–Crippen MR) is 104 cm³/mol. The summed E-state index contributed by atoms with van der Waals surface area (Å²) in [6, 6.07) is 5.91. The van der Waals surface area contributed by atoms with Crippen molar-refractivity contribution in [3.05, 3.63) is 23.9 Å². The summed E-state index contributed by atoms with van der Waals surface area (Å²) in [6.45, 7) is 6.06.